The molecule has 1 saturated carbocycles. The highest BCUT2D eigenvalue weighted by atomic mass is 14.9. The van der Waals surface area contributed by atoms with Gasteiger partial charge in [-0.25, -0.2) is 0 Å². The number of allylic oxidation sites excluding steroid dienone is 3. The second-order valence-corrected chi connectivity index (χ2v) is 5.16. The summed E-state index contributed by atoms with van der Waals surface area (Å²) < 4.78 is 0. The fourth-order valence-corrected chi connectivity index (χ4v) is 2.84. The molecule has 0 spiro atoms. The first-order valence-electron chi connectivity index (χ1n) is 6.34. The molecule has 0 aromatic carbocycles. The average molecular weight is 205 g/mol. The van der Waals surface area contributed by atoms with Gasteiger partial charge in [0.15, 0.2) is 0 Å². The van der Waals surface area contributed by atoms with Gasteiger partial charge in [0.25, 0.3) is 0 Å². The highest BCUT2D eigenvalue weighted by Gasteiger charge is 2.21. The third-order valence-corrected chi connectivity index (χ3v) is 3.92. The Kier molecular flexibility index (Phi) is 3.18. The SMILES string of the molecule is CC1=CC(C)C(NC2CCCCC2)=C1C. The van der Waals surface area contributed by atoms with Gasteiger partial charge in [0.1, 0.15) is 0 Å². The largest absolute Gasteiger partial charge is 0.385 e. The van der Waals surface area contributed by atoms with Crippen molar-refractivity contribution in [3.63, 3.8) is 0 Å². The number of hydrogen-bond donors (Lipinski definition) is 1. The Balaban J connectivity index is 2.00. The number of rotatable bonds is 2. The van der Waals surface area contributed by atoms with Gasteiger partial charge >= 0.3 is 0 Å². The van der Waals surface area contributed by atoms with Crippen LogP contribution in [0.25, 0.3) is 0 Å². The maximum absolute atomic E-state index is 3.78. The lowest BCUT2D eigenvalue weighted by atomic mass is 9.94. The number of hydrogen-bond acceptors (Lipinski definition) is 1. The summed E-state index contributed by atoms with van der Waals surface area (Å²) in [5, 5.41) is 3.78. The average Bonchev–Trinajstić information content (AvgIpc) is 2.47. The van der Waals surface area contributed by atoms with Crippen LogP contribution in [-0.4, -0.2) is 6.04 Å². The summed E-state index contributed by atoms with van der Waals surface area (Å²) in [5.41, 5.74) is 4.42. The molecule has 1 N–H and O–H groups in total. The summed E-state index contributed by atoms with van der Waals surface area (Å²) in [5.74, 6) is 0.604. The Labute approximate surface area is 93.6 Å². The van der Waals surface area contributed by atoms with Gasteiger partial charge < -0.3 is 5.32 Å². The normalized spacial score (nSPS) is 28.2. The zero-order valence-electron chi connectivity index (χ0n) is 10.3. The van der Waals surface area contributed by atoms with Crippen molar-refractivity contribution in [1.29, 1.82) is 0 Å². The first kappa shape index (κ1) is 10.8. The summed E-state index contributed by atoms with van der Waals surface area (Å²) in [6, 6.07) is 0.741. The summed E-state index contributed by atoms with van der Waals surface area (Å²) in [7, 11) is 0. The van der Waals surface area contributed by atoms with E-state index in [1.165, 1.54) is 48.9 Å². The second kappa shape index (κ2) is 4.42. The molecule has 0 radical (unpaired) electrons. The van der Waals surface area contributed by atoms with Crippen molar-refractivity contribution in [3.05, 3.63) is 22.9 Å². The smallest absolute Gasteiger partial charge is 0.0258 e. The molecular formula is C14H23N. The van der Waals surface area contributed by atoms with Crippen molar-refractivity contribution < 1.29 is 0 Å². The van der Waals surface area contributed by atoms with E-state index in [9.17, 15) is 0 Å². The van der Waals surface area contributed by atoms with Crippen LogP contribution in [0.2, 0.25) is 0 Å². The van der Waals surface area contributed by atoms with Gasteiger partial charge in [0, 0.05) is 17.7 Å². The van der Waals surface area contributed by atoms with Crippen LogP contribution < -0.4 is 5.32 Å². The molecule has 0 amide bonds. The van der Waals surface area contributed by atoms with E-state index in [2.05, 4.69) is 32.2 Å². The van der Waals surface area contributed by atoms with Crippen molar-refractivity contribution in [2.24, 2.45) is 5.92 Å². The van der Waals surface area contributed by atoms with E-state index in [0.717, 1.165) is 6.04 Å². The van der Waals surface area contributed by atoms with Crippen molar-refractivity contribution in [3.8, 4) is 0 Å². The van der Waals surface area contributed by atoms with Gasteiger partial charge in [0.05, 0.1) is 0 Å². The van der Waals surface area contributed by atoms with E-state index in [1.807, 2.05) is 0 Å². The molecule has 0 aliphatic heterocycles. The van der Waals surface area contributed by atoms with Crippen LogP contribution >= 0.6 is 0 Å². The Morgan fingerprint density at radius 2 is 1.80 bits per heavy atom. The van der Waals surface area contributed by atoms with Crippen LogP contribution in [0.15, 0.2) is 22.9 Å². The maximum Gasteiger partial charge on any atom is 0.0258 e. The first-order valence-corrected chi connectivity index (χ1v) is 6.34. The van der Waals surface area contributed by atoms with E-state index in [-0.39, 0.29) is 0 Å². The van der Waals surface area contributed by atoms with E-state index < -0.39 is 0 Å². The quantitative estimate of drug-likeness (QED) is 0.723. The minimum atomic E-state index is 0.604. The lowest BCUT2D eigenvalue weighted by Gasteiger charge is -2.26. The summed E-state index contributed by atoms with van der Waals surface area (Å²) in [6.07, 6.45) is 9.35. The van der Waals surface area contributed by atoms with Crippen LogP contribution in [0.4, 0.5) is 0 Å². The fraction of sp³-hybridized carbons (Fsp3) is 0.714. The van der Waals surface area contributed by atoms with Crippen molar-refractivity contribution in [2.75, 3.05) is 0 Å². The highest BCUT2D eigenvalue weighted by molar-refractivity contribution is 5.41. The monoisotopic (exact) mass is 205 g/mol. The molecule has 2 aliphatic rings. The topological polar surface area (TPSA) is 12.0 Å². The fourth-order valence-electron chi connectivity index (χ4n) is 2.84. The molecule has 2 rings (SSSR count). The number of nitrogens with one attached hydrogen (secondary N) is 1. The van der Waals surface area contributed by atoms with Gasteiger partial charge in [-0.15, -0.1) is 0 Å². The van der Waals surface area contributed by atoms with E-state index >= 15 is 0 Å². The summed E-state index contributed by atoms with van der Waals surface area (Å²) in [4.78, 5) is 0. The zero-order chi connectivity index (χ0) is 10.8. The third kappa shape index (κ3) is 2.27. The molecule has 2 aliphatic carbocycles. The molecule has 1 heteroatoms. The van der Waals surface area contributed by atoms with Crippen molar-refractivity contribution in [1.82, 2.24) is 5.32 Å². The van der Waals surface area contributed by atoms with Gasteiger partial charge in [-0.05, 0) is 37.8 Å². The molecule has 15 heavy (non-hydrogen) atoms. The lowest BCUT2D eigenvalue weighted by Crippen LogP contribution is -2.32. The Morgan fingerprint density at radius 3 is 2.33 bits per heavy atom. The molecule has 0 saturated heterocycles. The molecule has 0 aromatic rings. The predicted octanol–water partition coefficient (Wildman–Crippen LogP) is 3.78. The molecule has 1 atom stereocenters. The van der Waals surface area contributed by atoms with Crippen LogP contribution in [-0.2, 0) is 0 Å². The Hall–Kier alpha value is -0.720. The van der Waals surface area contributed by atoms with Crippen molar-refractivity contribution >= 4 is 0 Å². The van der Waals surface area contributed by atoms with E-state index in [4.69, 9.17) is 0 Å². The Bertz CT molecular complexity index is 292. The van der Waals surface area contributed by atoms with Gasteiger partial charge in [-0.3, -0.25) is 0 Å². The zero-order valence-corrected chi connectivity index (χ0v) is 10.3. The molecule has 1 unspecified atom stereocenters. The maximum atomic E-state index is 3.78. The third-order valence-electron chi connectivity index (χ3n) is 3.92. The second-order valence-electron chi connectivity index (χ2n) is 5.16. The highest BCUT2D eigenvalue weighted by Crippen LogP contribution is 2.30. The van der Waals surface area contributed by atoms with Crippen LogP contribution in [0.5, 0.6) is 0 Å². The van der Waals surface area contributed by atoms with Crippen molar-refractivity contribution in [2.45, 2.75) is 58.9 Å². The molecule has 1 fully saturated rings. The molecule has 0 heterocycles. The molecule has 0 bridgehead atoms. The molecule has 1 nitrogen and oxygen atoms in total. The molecule has 0 aromatic heterocycles. The van der Waals surface area contributed by atoms with E-state index in [1.54, 1.807) is 0 Å². The van der Waals surface area contributed by atoms with Gasteiger partial charge in [-0.2, -0.15) is 0 Å². The van der Waals surface area contributed by atoms with Gasteiger partial charge in [-0.1, -0.05) is 32.3 Å². The molecular weight excluding hydrogens is 182 g/mol. The van der Waals surface area contributed by atoms with E-state index in [0.29, 0.717) is 5.92 Å². The van der Waals surface area contributed by atoms with Crippen LogP contribution in [0.3, 0.4) is 0 Å². The Morgan fingerprint density at radius 1 is 1.13 bits per heavy atom. The van der Waals surface area contributed by atoms with Crippen LogP contribution in [0, 0.1) is 5.92 Å². The van der Waals surface area contributed by atoms with Gasteiger partial charge in [0.2, 0.25) is 0 Å². The standard InChI is InChI=1S/C14H23N/c1-10-9-11(2)14(12(10)3)15-13-7-5-4-6-8-13/h9,11,13,15H,4-8H2,1-3H3. The lowest BCUT2D eigenvalue weighted by molar-refractivity contribution is 0.388. The minimum Gasteiger partial charge on any atom is -0.385 e. The predicted molar refractivity (Wildman–Crippen MR) is 65.6 cm³/mol. The first-order chi connectivity index (χ1) is 7.18. The summed E-state index contributed by atoms with van der Waals surface area (Å²) in [6.45, 7) is 6.77. The van der Waals surface area contributed by atoms with Crippen LogP contribution in [0.1, 0.15) is 52.9 Å². The summed E-state index contributed by atoms with van der Waals surface area (Å²) >= 11 is 0. The molecule has 84 valence electrons. The minimum absolute atomic E-state index is 0.604.